The van der Waals surface area contributed by atoms with E-state index in [1.807, 2.05) is 157 Å². The van der Waals surface area contributed by atoms with Crippen LogP contribution < -0.4 is 21.3 Å². The number of nitriles is 1. The van der Waals surface area contributed by atoms with Gasteiger partial charge in [0.05, 0.1) is 85.1 Å². The molecule has 0 saturated carbocycles. The Balaban J connectivity index is 0.000000192. The summed E-state index contributed by atoms with van der Waals surface area (Å²) in [5.74, 6) is -1.88. The molecule has 15 rings (SSSR count). The number of nitrogens with zero attached hydrogens (tertiary/aromatic N) is 2. The number of carboxylic acids is 1. The van der Waals surface area contributed by atoms with Gasteiger partial charge in [0.2, 0.25) is 0 Å². The van der Waals surface area contributed by atoms with Crippen molar-refractivity contribution in [1.29, 1.82) is 5.26 Å². The highest BCUT2D eigenvalue weighted by Crippen LogP contribution is 2.27. The average molecular weight is 2000 g/mol. The summed E-state index contributed by atoms with van der Waals surface area (Å²) in [5, 5.41) is 33.4. The zero-order valence-electron chi connectivity index (χ0n) is 82.8. The van der Waals surface area contributed by atoms with Crippen molar-refractivity contribution < 1.29 is 96.0 Å². The van der Waals surface area contributed by atoms with Gasteiger partial charge in [-0.15, -0.1) is 11.3 Å². The van der Waals surface area contributed by atoms with Crippen LogP contribution in [0.4, 0.5) is 32.3 Å². The first-order chi connectivity index (χ1) is 71.3. The van der Waals surface area contributed by atoms with Crippen molar-refractivity contribution in [2.45, 2.75) is 91.9 Å². The smallest absolute Gasteiger partial charge is 0.339 e. The van der Waals surface area contributed by atoms with Gasteiger partial charge in [-0.2, -0.15) is 5.26 Å². The first-order valence-electron chi connectivity index (χ1n) is 46.5. The van der Waals surface area contributed by atoms with Crippen molar-refractivity contribution in [3.8, 4) is 6.07 Å². The maximum absolute atomic E-state index is 12.3. The molecule has 0 bridgehead atoms. The first-order valence-corrected chi connectivity index (χ1v) is 47.4. The predicted molar refractivity (Wildman–Crippen MR) is 572 cm³/mol. The number of carbonyl (C=O) groups is 15. The molecule has 1 heterocycles. The van der Waals surface area contributed by atoms with E-state index in [0.29, 0.717) is 122 Å². The maximum Gasteiger partial charge on any atom is 0.339 e. The molecule has 0 aliphatic carbocycles. The zero-order chi connectivity index (χ0) is 107. The molecule has 15 aromatic rings. The summed E-state index contributed by atoms with van der Waals surface area (Å²) >= 11 is 1.45. The third-order valence-electron chi connectivity index (χ3n) is 22.2. The largest absolute Gasteiger partial charge is 0.497 e. The van der Waals surface area contributed by atoms with E-state index in [-0.39, 0.29) is 89.7 Å². The zero-order valence-corrected chi connectivity index (χ0v) is 83.7. The van der Waals surface area contributed by atoms with Gasteiger partial charge >= 0.3 is 35.9 Å². The van der Waals surface area contributed by atoms with E-state index in [4.69, 9.17) is 29.3 Å². The van der Waals surface area contributed by atoms with Gasteiger partial charge < -0.3 is 45.3 Å². The number of hydrogen-bond acceptors (Lipinski definition) is 22. The number of ketones is 9. The minimum Gasteiger partial charge on any atom is -0.497 e. The van der Waals surface area contributed by atoms with Crippen LogP contribution in [-0.2, 0) is 107 Å². The summed E-state index contributed by atoms with van der Waals surface area (Å²) < 4.78 is 19.3. The summed E-state index contributed by atoms with van der Waals surface area (Å²) in [6.07, 6.45) is 4.29. The summed E-state index contributed by atoms with van der Waals surface area (Å²) in [4.78, 5) is 181. The third-order valence-corrected chi connectivity index (χ3v) is 23.0. The standard InChI is InChI=1S/C19H16N2O3.C19H17NO2.C19H18O3.C17H16N2O3.C17H16O3.C16H14O3.C14H13NO3S/c1-24-18(22)16-8-4-5-9-17(16)21-19(23)20-15-11-10-13-6-2-3-7-14(13)12-15;1-14(22-2)19-9-4-3-8-17(19)12-18(21)11-15-6-5-7-16(10-15)13-20;1-13(20)18-9-5-3-7-15(18)11-17(22)12-16-8-4-6-10-19(16)14(2)21;1-11(20)13-6-5-7-14(10-13)18-17(22)19-16-9-4-3-8-15(16)12(2)21;1-20-17(19)16-10-6-5-9-14(16)12-15(18)11-13-7-3-2-4-8-13;17-14(10-12-6-2-1-3-7-12)11-13-8-4-5-9-15(13)16(18)19;1-18-14(17)12-5-3-2-4-10(12)8-11(16)9-13-15-6-7-19-13/h2-12H,1H3,(H2,20,21,23);3-10H,1,11-12H2,2H3;3-10H,11-12H2,1-2H3;3-10H,1-2H3,(H2,18,19,22);2-10H,11-12H2,1H3;1-9H,10-11H2,(H,18,19);2-7H,8-9H2,1H3. The Labute approximate surface area is 861 Å². The summed E-state index contributed by atoms with van der Waals surface area (Å²) in [6, 6.07) is 103. The number of para-hydroxylation sites is 2. The number of benzene rings is 14. The molecule has 27 heteroatoms. The van der Waals surface area contributed by atoms with Gasteiger partial charge in [-0.05, 0) is 167 Å². The number of aromatic nitrogens is 1. The van der Waals surface area contributed by atoms with Crippen molar-refractivity contribution in [1.82, 2.24) is 4.98 Å². The number of carbonyl (C=O) groups excluding carboxylic acids is 14. The number of esters is 3. The average Bonchev–Trinajstić information content (AvgIpc) is 0.925. The fraction of sp³-hybridized carbons (Fsp3) is 0.149. The molecule has 0 atom stereocenters. The summed E-state index contributed by atoms with van der Waals surface area (Å²) in [6.45, 7) is 9.74. The van der Waals surface area contributed by atoms with Crippen molar-refractivity contribution in [3.63, 3.8) is 0 Å². The fourth-order valence-corrected chi connectivity index (χ4v) is 15.7. The monoisotopic (exact) mass is 2000 g/mol. The normalized spacial score (nSPS) is 10.1. The second kappa shape index (κ2) is 59.4. The lowest BCUT2D eigenvalue weighted by Crippen LogP contribution is -2.21. The number of carboxylic acid groups (broad SMARTS) is 1. The van der Waals surface area contributed by atoms with Gasteiger partial charge in [0.25, 0.3) is 0 Å². The van der Waals surface area contributed by atoms with Gasteiger partial charge in [0.1, 0.15) is 34.7 Å². The van der Waals surface area contributed by atoms with Crippen LogP contribution >= 0.6 is 11.3 Å². The molecule has 0 aliphatic rings. The van der Waals surface area contributed by atoms with Crippen molar-refractivity contribution in [3.05, 3.63) is 475 Å². The fourth-order valence-electron chi connectivity index (χ4n) is 15.1. The van der Waals surface area contributed by atoms with E-state index in [1.54, 1.807) is 201 Å². The third kappa shape index (κ3) is 37.1. The lowest BCUT2D eigenvalue weighted by molar-refractivity contribution is -0.118. The molecular weight excluding hydrogens is 1890 g/mol. The summed E-state index contributed by atoms with van der Waals surface area (Å²) in [5.41, 5.74) is 14.0. The Hall–Kier alpha value is -18.6. The Morgan fingerprint density at radius 3 is 1.09 bits per heavy atom. The topological polar surface area (TPSA) is 398 Å². The second-order valence-electron chi connectivity index (χ2n) is 33.1. The Morgan fingerprint density at radius 1 is 0.311 bits per heavy atom. The molecule has 14 aromatic carbocycles. The Bertz CT molecular complexity index is 7230. The van der Waals surface area contributed by atoms with E-state index >= 15 is 0 Å². The van der Waals surface area contributed by atoms with Crippen LogP contribution in [0.2, 0.25) is 0 Å². The Kier molecular flexibility index (Phi) is 45.4. The predicted octanol–water partition coefficient (Wildman–Crippen LogP) is 22.8. The van der Waals surface area contributed by atoms with E-state index in [1.165, 1.54) is 66.4 Å². The second-order valence-corrected chi connectivity index (χ2v) is 34.1. The molecule has 148 heavy (non-hydrogen) atoms. The molecule has 0 saturated heterocycles. The maximum atomic E-state index is 12.3. The van der Waals surface area contributed by atoms with Crippen LogP contribution in [-0.4, -0.2) is 127 Å². The molecule has 4 amide bonds. The highest BCUT2D eigenvalue weighted by atomic mass is 32.1. The van der Waals surface area contributed by atoms with E-state index in [9.17, 15) is 71.9 Å². The lowest BCUT2D eigenvalue weighted by Gasteiger charge is -2.11. The van der Waals surface area contributed by atoms with E-state index < -0.39 is 35.9 Å². The molecule has 0 aliphatic heterocycles. The summed E-state index contributed by atoms with van der Waals surface area (Å²) in [7, 11) is 5.53. The molecule has 5 N–H and O–H groups in total. The van der Waals surface area contributed by atoms with Crippen molar-refractivity contribution >= 4 is 139 Å². The first kappa shape index (κ1) is 113. The molecule has 750 valence electrons. The number of nitrogens with one attached hydrogen (secondary N) is 4. The minimum absolute atomic E-state index is 0.0117. The van der Waals surface area contributed by atoms with Crippen LogP contribution in [0.25, 0.3) is 16.5 Å². The number of fused-ring (bicyclic) bond motifs is 1. The Morgan fingerprint density at radius 2 is 0.655 bits per heavy atom. The minimum atomic E-state index is -0.997. The number of urea groups is 2. The van der Waals surface area contributed by atoms with Crippen molar-refractivity contribution in [2.24, 2.45) is 0 Å². The number of hydrogen-bond donors (Lipinski definition) is 5. The van der Waals surface area contributed by atoms with Crippen molar-refractivity contribution in [2.75, 3.05) is 49.7 Å². The quantitative estimate of drug-likeness (QED) is 0.0108. The SMILES string of the molecule is C=C(OC)c1ccccc1CC(=O)Cc1cccc(C#N)c1.CC(=O)c1cccc(NC(=O)Nc2ccccc2C(C)=O)c1.CC(=O)c1ccccc1CC(=O)Cc1ccccc1C(C)=O.COC(=O)c1ccccc1CC(=O)Cc1ccccc1.COC(=O)c1ccccc1CC(=O)Cc1nccs1.COC(=O)c1ccccc1NC(=O)Nc1ccc2ccccc2c1.O=C(Cc1ccccc1)Cc1ccccc1C(=O)O. The van der Waals surface area contributed by atoms with Gasteiger partial charge in [0, 0.05) is 109 Å². The van der Waals surface area contributed by atoms with Gasteiger partial charge in [-0.25, -0.2) is 33.8 Å². The lowest BCUT2D eigenvalue weighted by atomic mass is 9.95. The van der Waals surface area contributed by atoms with Crippen LogP contribution in [0.1, 0.15) is 177 Å². The van der Waals surface area contributed by atoms with Crippen LogP contribution in [0.5, 0.6) is 0 Å². The van der Waals surface area contributed by atoms with Crippen LogP contribution in [0, 0.1) is 11.3 Å². The van der Waals surface area contributed by atoms with Gasteiger partial charge in [-0.3, -0.25) is 43.2 Å². The van der Waals surface area contributed by atoms with E-state index in [0.717, 1.165) is 54.7 Å². The molecule has 26 nitrogen and oxygen atoms in total. The number of ether oxygens (including phenoxy) is 4. The molecule has 0 unspecified atom stereocenters. The molecule has 0 spiro atoms. The molecule has 1 aromatic heterocycles. The highest BCUT2D eigenvalue weighted by Gasteiger charge is 2.22. The van der Waals surface area contributed by atoms with Gasteiger partial charge in [0.15, 0.2) is 23.1 Å². The van der Waals surface area contributed by atoms with Crippen LogP contribution in [0.15, 0.2) is 364 Å². The highest BCUT2D eigenvalue weighted by molar-refractivity contribution is 7.09. The number of rotatable bonds is 34. The number of Topliss-reactive ketones (excluding diaryl/α,β-unsaturated/α-hetero) is 9. The molecule has 0 fully saturated rings. The number of anilines is 4. The number of methoxy groups -OCH3 is 4. The van der Waals surface area contributed by atoms with E-state index in [2.05, 4.69) is 38.9 Å². The van der Waals surface area contributed by atoms with Crippen LogP contribution in [0.3, 0.4) is 0 Å². The molecular formula is C121H110N6O20S. The number of amides is 4. The molecule has 0 radical (unpaired) electrons. The number of aromatic carboxylic acids is 1. The van der Waals surface area contributed by atoms with Gasteiger partial charge in [-0.1, -0.05) is 273 Å². The number of thiazole rings is 1.